The minimum Gasteiger partial charge on any atom is -0.481 e. The van der Waals surface area contributed by atoms with Crippen LogP contribution in [0.15, 0.2) is 0 Å². The highest BCUT2D eigenvalue weighted by Crippen LogP contribution is 1.97. The summed E-state index contributed by atoms with van der Waals surface area (Å²) in [7, 11) is -1.65. The molecule has 82 valence electrons. The second-order valence-corrected chi connectivity index (χ2v) is 4.98. The molecular weight excluding hydrogens is 206 g/mol. The van der Waals surface area contributed by atoms with Gasteiger partial charge in [-0.15, -0.1) is 0 Å². The molecule has 0 fully saturated rings. The van der Waals surface area contributed by atoms with Crippen LogP contribution in [0, 0.1) is 0 Å². The summed E-state index contributed by atoms with van der Waals surface area (Å²) in [6, 6.07) is -0.0354. The van der Waals surface area contributed by atoms with Gasteiger partial charge in [0.1, 0.15) is 11.0 Å². The third-order valence-corrected chi connectivity index (χ3v) is 2.99. The third-order valence-electron chi connectivity index (χ3n) is 1.46. The molecule has 0 aromatic heterocycles. The number of aliphatic carboxylic acids is 1. The zero-order chi connectivity index (χ0) is 11.3. The number of carboxylic acid groups (broad SMARTS) is 1. The van der Waals surface area contributed by atoms with Crippen molar-refractivity contribution in [1.82, 2.24) is 5.32 Å². The van der Waals surface area contributed by atoms with E-state index >= 15 is 0 Å². The number of nitrogens with one attached hydrogen (secondary N) is 1. The molecule has 0 radical (unpaired) electrons. The van der Waals surface area contributed by atoms with Gasteiger partial charge in [0.05, 0.1) is 0 Å². The highest BCUT2D eigenvalue weighted by molar-refractivity contribution is 7.87. The largest absolute Gasteiger partial charge is 0.481 e. The molecule has 0 aromatic carbocycles. The molecule has 2 atom stereocenters. The molecule has 2 N–H and O–H groups in total. The molecule has 5 nitrogen and oxygen atoms in total. The lowest BCUT2D eigenvalue weighted by Crippen LogP contribution is -2.40. The first-order valence-electron chi connectivity index (χ1n) is 4.24. The van der Waals surface area contributed by atoms with E-state index in [9.17, 15) is 13.8 Å². The van der Waals surface area contributed by atoms with E-state index in [1.807, 2.05) is 0 Å². The fourth-order valence-corrected chi connectivity index (χ4v) is 1.57. The van der Waals surface area contributed by atoms with E-state index in [4.69, 9.17) is 5.11 Å². The Balaban J connectivity index is 4.17. The first-order chi connectivity index (χ1) is 6.34. The van der Waals surface area contributed by atoms with Crippen LogP contribution in [0.25, 0.3) is 0 Å². The van der Waals surface area contributed by atoms with Crippen LogP contribution in [0.5, 0.6) is 0 Å². The Kier molecular flexibility index (Phi) is 5.37. The molecule has 0 aliphatic rings. The van der Waals surface area contributed by atoms with Crippen LogP contribution in [0.3, 0.4) is 0 Å². The third kappa shape index (κ3) is 4.96. The number of carboxylic acids is 1. The van der Waals surface area contributed by atoms with E-state index in [0.29, 0.717) is 0 Å². The topological polar surface area (TPSA) is 83.5 Å². The maximum atomic E-state index is 11.3. The second kappa shape index (κ2) is 5.74. The maximum Gasteiger partial charge on any atom is 0.316 e. The average Bonchev–Trinajstić information content (AvgIpc) is 2.00. The van der Waals surface area contributed by atoms with E-state index in [0.717, 1.165) is 0 Å². The first kappa shape index (κ1) is 13.1. The molecule has 0 spiro atoms. The van der Waals surface area contributed by atoms with Crippen molar-refractivity contribution in [2.75, 3.05) is 5.75 Å². The van der Waals surface area contributed by atoms with Crippen LogP contribution in [0.2, 0.25) is 0 Å². The smallest absolute Gasteiger partial charge is 0.316 e. The van der Waals surface area contributed by atoms with Crippen molar-refractivity contribution >= 4 is 22.7 Å². The van der Waals surface area contributed by atoms with Crippen LogP contribution < -0.4 is 5.32 Å². The summed E-state index contributed by atoms with van der Waals surface area (Å²) in [6.45, 7) is 5.02. The number of carbonyl (C=O) groups excluding carboxylic acids is 1. The molecule has 1 amide bonds. The SMILES string of the molecule is CC(C)NC(=O)C(C)S(=O)CC(=O)O. The first-order valence-corrected chi connectivity index (χ1v) is 5.62. The maximum absolute atomic E-state index is 11.3. The molecule has 14 heavy (non-hydrogen) atoms. The summed E-state index contributed by atoms with van der Waals surface area (Å²) in [4.78, 5) is 21.5. The fourth-order valence-electron chi connectivity index (χ4n) is 0.768. The lowest BCUT2D eigenvalue weighted by atomic mass is 10.3. The molecule has 0 aliphatic carbocycles. The van der Waals surface area contributed by atoms with Gasteiger partial charge in [0, 0.05) is 16.8 Å². The van der Waals surface area contributed by atoms with Crippen molar-refractivity contribution in [2.24, 2.45) is 0 Å². The van der Waals surface area contributed by atoms with Gasteiger partial charge in [-0.05, 0) is 20.8 Å². The highest BCUT2D eigenvalue weighted by Gasteiger charge is 2.22. The molecule has 0 saturated carbocycles. The lowest BCUT2D eigenvalue weighted by molar-refractivity contribution is -0.133. The van der Waals surface area contributed by atoms with Gasteiger partial charge in [0.15, 0.2) is 0 Å². The van der Waals surface area contributed by atoms with E-state index in [2.05, 4.69) is 5.32 Å². The summed E-state index contributed by atoms with van der Waals surface area (Å²) in [5.41, 5.74) is 0. The van der Waals surface area contributed by atoms with Gasteiger partial charge >= 0.3 is 5.97 Å². The molecule has 0 rings (SSSR count). The fraction of sp³-hybridized carbons (Fsp3) is 0.750. The Morgan fingerprint density at radius 2 is 1.86 bits per heavy atom. The molecule has 0 heterocycles. The quantitative estimate of drug-likeness (QED) is 0.669. The van der Waals surface area contributed by atoms with Gasteiger partial charge in [-0.25, -0.2) is 0 Å². The van der Waals surface area contributed by atoms with Gasteiger partial charge in [-0.1, -0.05) is 0 Å². The lowest BCUT2D eigenvalue weighted by Gasteiger charge is -2.13. The van der Waals surface area contributed by atoms with Crippen molar-refractivity contribution in [3.8, 4) is 0 Å². The molecule has 0 bridgehead atoms. The minimum atomic E-state index is -1.65. The molecular formula is C8H15NO4S. The predicted octanol–water partition coefficient (Wildman–Crippen LogP) is -0.267. The number of rotatable bonds is 5. The van der Waals surface area contributed by atoms with Crippen molar-refractivity contribution < 1.29 is 18.9 Å². The molecule has 6 heteroatoms. The Labute approximate surface area is 85.3 Å². The van der Waals surface area contributed by atoms with Crippen molar-refractivity contribution in [3.63, 3.8) is 0 Å². The number of hydrogen-bond donors (Lipinski definition) is 2. The minimum absolute atomic E-state index is 0.0354. The zero-order valence-electron chi connectivity index (χ0n) is 8.44. The summed E-state index contributed by atoms with van der Waals surface area (Å²) < 4.78 is 11.2. The molecule has 0 aromatic rings. The monoisotopic (exact) mass is 221 g/mol. The molecule has 0 saturated heterocycles. The van der Waals surface area contributed by atoms with Crippen LogP contribution >= 0.6 is 0 Å². The summed E-state index contributed by atoms with van der Waals surface area (Å²) in [6.07, 6.45) is 0. The van der Waals surface area contributed by atoms with Crippen molar-refractivity contribution in [2.45, 2.75) is 32.1 Å². The summed E-state index contributed by atoms with van der Waals surface area (Å²) >= 11 is 0. The predicted molar refractivity (Wildman–Crippen MR) is 53.4 cm³/mol. The van der Waals surface area contributed by atoms with Gasteiger partial charge in [-0.3, -0.25) is 13.8 Å². The number of carbonyl (C=O) groups is 2. The van der Waals surface area contributed by atoms with Gasteiger partial charge < -0.3 is 10.4 Å². The number of hydrogen-bond acceptors (Lipinski definition) is 3. The van der Waals surface area contributed by atoms with Gasteiger partial charge in [-0.2, -0.15) is 0 Å². The van der Waals surface area contributed by atoms with Crippen molar-refractivity contribution in [3.05, 3.63) is 0 Å². The van der Waals surface area contributed by atoms with Crippen molar-refractivity contribution in [1.29, 1.82) is 0 Å². The Morgan fingerprint density at radius 1 is 1.36 bits per heavy atom. The molecule has 2 unspecified atom stereocenters. The second-order valence-electron chi connectivity index (χ2n) is 3.22. The van der Waals surface area contributed by atoms with Crippen LogP contribution in [-0.2, 0) is 20.4 Å². The Bertz CT molecular complexity index is 252. The Hall–Kier alpha value is -0.910. The van der Waals surface area contributed by atoms with E-state index in [1.54, 1.807) is 13.8 Å². The standard InChI is InChI=1S/C8H15NO4S/c1-5(2)9-8(12)6(3)14(13)4-7(10)11/h5-6H,4H2,1-3H3,(H,9,12)(H,10,11). The Morgan fingerprint density at radius 3 is 2.21 bits per heavy atom. The van der Waals surface area contributed by atoms with Crippen LogP contribution in [0.4, 0.5) is 0 Å². The average molecular weight is 221 g/mol. The zero-order valence-corrected chi connectivity index (χ0v) is 9.26. The van der Waals surface area contributed by atoms with Gasteiger partial charge in [0.2, 0.25) is 5.91 Å². The number of amides is 1. The van der Waals surface area contributed by atoms with E-state index < -0.39 is 27.8 Å². The van der Waals surface area contributed by atoms with E-state index in [-0.39, 0.29) is 11.9 Å². The molecule has 0 aliphatic heterocycles. The summed E-state index contributed by atoms with van der Waals surface area (Å²) in [5, 5.41) is 10.2. The van der Waals surface area contributed by atoms with Crippen LogP contribution in [0.1, 0.15) is 20.8 Å². The highest BCUT2D eigenvalue weighted by atomic mass is 32.2. The van der Waals surface area contributed by atoms with Crippen LogP contribution in [-0.4, -0.2) is 38.2 Å². The van der Waals surface area contributed by atoms with Gasteiger partial charge in [0.25, 0.3) is 0 Å². The summed E-state index contributed by atoms with van der Waals surface area (Å²) in [5.74, 6) is -2.03. The normalized spacial score (nSPS) is 14.9. The van der Waals surface area contributed by atoms with E-state index in [1.165, 1.54) is 6.92 Å².